The van der Waals surface area contributed by atoms with Gasteiger partial charge >= 0.3 is 11.8 Å². The number of hydrogen-bond acceptors (Lipinski definition) is 4. The smallest absolute Gasteiger partial charge is 0.329 e. The molecule has 0 aromatic heterocycles. The average Bonchev–Trinajstić information content (AvgIpc) is 2.78. The second kappa shape index (κ2) is 10.8. The number of benzene rings is 3. The Labute approximate surface area is 179 Å². The first-order valence-electron chi connectivity index (χ1n) is 9.23. The molecule has 6 nitrogen and oxygen atoms in total. The number of halogens is 1. The van der Waals surface area contributed by atoms with Gasteiger partial charge in [0.05, 0.1) is 6.21 Å². The van der Waals surface area contributed by atoms with Crippen molar-refractivity contribution < 1.29 is 14.3 Å². The molecular weight excluding hydrogens is 402 g/mol. The maximum atomic E-state index is 11.9. The largest absolute Gasteiger partial charge is 0.488 e. The molecule has 0 fully saturated rings. The molecule has 0 unspecified atom stereocenters. The van der Waals surface area contributed by atoms with E-state index < -0.39 is 11.8 Å². The fraction of sp³-hybridized carbons (Fsp3) is 0.0870. The van der Waals surface area contributed by atoms with Crippen molar-refractivity contribution in [2.45, 2.75) is 13.2 Å². The second-order valence-electron chi connectivity index (χ2n) is 6.32. The van der Waals surface area contributed by atoms with Crippen molar-refractivity contribution in [3.8, 4) is 5.75 Å². The van der Waals surface area contributed by atoms with Gasteiger partial charge in [0.1, 0.15) is 12.4 Å². The molecule has 0 aliphatic heterocycles. The minimum absolute atomic E-state index is 0.212. The van der Waals surface area contributed by atoms with Gasteiger partial charge in [0, 0.05) is 17.1 Å². The molecule has 0 saturated carbocycles. The monoisotopic (exact) mass is 421 g/mol. The summed E-state index contributed by atoms with van der Waals surface area (Å²) in [4.78, 5) is 23.8. The van der Waals surface area contributed by atoms with E-state index in [9.17, 15) is 9.59 Å². The number of hydrazone groups is 1. The molecule has 2 amide bonds. The number of ether oxygens (including phenoxy) is 1. The number of carbonyl (C=O) groups excluding carboxylic acids is 2. The maximum absolute atomic E-state index is 11.9. The lowest BCUT2D eigenvalue weighted by molar-refractivity contribution is -0.139. The van der Waals surface area contributed by atoms with E-state index in [0.717, 1.165) is 11.1 Å². The quantitative estimate of drug-likeness (QED) is 0.347. The van der Waals surface area contributed by atoms with Gasteiger partial charge in [0.2, 0.25) is 0 Å². The van der Waals surface area contributed by atoms with Gasteiger partial charge < -0.3 is 10.1 Å². The van der Waals surface area contributed by atoms with Crippen molar-refractivity contribution in [3.63, 3.8) is 0 Å². The molecule has 0 bridgehead atoms. The minimum atomic E-state index is -0.858. The molecule has 3 rings (SSSR count). The summed E-state index contributed by atoms with van der Waals surface area (Å²) in [5, 5.41) is 6.99. The first kappa shape index (κ1) is 21.1. The van der Waals surface area contributed by atoms with Crippen molar-refractivity contribution in [3.05, 3.63) is 101 Å². The maximum Gasteiger partial charge on any atom is 0.329 e. The van der Waals surface area contributed by atoms with E-state index in [1.165, 1.54) is 6.21 Å². The van der Waals surface area contributed by atoms with Gasteiger partial charge in [-0.05, 0) is 35.4 Å². The molecule has 3 aromatic rings. The number of hydrogen-bond donors (Lipinski definition) is 2. The van der Waals surface area contributed by atoms with E-state index in [1.54, 1.807) is 30.3 Å². The summed E-state index contributed by atoms with van der Waals surface area (Å²) in [6.45, 7) is 0.619. The zero-order valence-corrected chi connectivity index (χ0v) is 16.8. The summed E-state index contributed by atoms with van der Waals surface area (Å²) in [6.07, 6.45) is 1.44. The van der Waals surface area contributed by atoms with Crippen molar-refractivity contribution in [1.82, 2.24) is 10.7 Å². The Hall–Kier alpha value is -3.64. The van der Waals surface area contributed by atoms with Crippen LogP contribution in [0.5, 0.6) is 5.75 Å². The zero-order chi connectivity index (χ0) is 21.2. The summed E-state index contributed by atoms with van der Waals surface area (Å²) in [7, 11) is 0. The van der Waals surface area contributed by atoms with Crippen LogP contribution in [-0.4, -0.2) is 18.0 Å². The minimum Gasteiger partial charge on any atom is -0.488 e. The standard InChI is InChI=1S/C23H20ClN3O3/c24-20-12-10-17(11-13-20)14-25-22(28)23(29)27-26-15-19-8-4-5-9-21(19)30-16-18-6-2-1-3-7-18/h1-13,15H,14,16H2,(H,25,28)(H,27,29). The molecule has 30 heavy (non-hydrogen) atoms. The van der Waals surface area contributed by atoms with Gasteiger partial charge in [-0.3, -0.25) is 9.59 Å². The molecule has 7 heteroatoms. The van der Waals surface area contributed by atoms with Gasteiger partial charge in [-0.15, -0.1) is 0 Å². The average molecular weight is 422 g/mol. The lowest BCUT2D eigenvalue weighted by atomic mass is 10.2. The van der Waals surface area contributed by atoms with E-state index in [-0.39, 0.29) is 6.54 Å². The number of nitrogens with zero attached hydrogens (tertiary/aromatic N) is 1. The van der Waals surface area contributed by atoms with Crippen LogP contribution in [-0.2, 0) is 22.7 Å². The summed E-state index contributed by atoms with van der Waals surface area (Å²) < 4.78 is 5.83. The Kier molecular flexibility index (Phi) is 7.58. The van der Waals surface area contributed by atoms with E-state index in [2.05, 4.69) is 15.8 Å². The third kappa shape index (κ3) is 6.46. The fourth-order valence-corrected chi connectivity index (χ4v) is 2.66. The zero-order valence-electron chi connectivity index (χ0n) is 16.0. The van der Waals surface area contributed by atoms with E-state index in [4.69, 9.17) is 16.3 Å². The molecule has 0 saturated heterocycles. The van der Waals surface area contributed by atoms with Crippen molar-refractivity contribution in [2.24, 2.45) is 5.10 Å². The highest BCUT2D eigenvalue weighted by atomic mass is 35.5. The Balaban J connectivity index is 1.51. The van der Waals surface area contributed by atoms with Crippen LogP contribution in [0, 0.1) is 0 Å². The molecule has 0 heterocycles. The number of amides is 2. The normalized spacial score (nSPS) is 10.6. The van der Waals surface area contributed by atoms with Crippen molar-refractivity contribution in [1.29, 1.82) is 0 Å². The molecular formula is C23H20ClN3O3. The van der Waals surface area contributed by atoms with Gasteiger partial charge in [-0.2, -0.15) is 5.10 Å². The van der Waals surface area contributed by atoms with Gasteiger partial charge in [-0.1, -0.05) is 66.2 Å². The topological polar surface area (TPSA) is 79.8 Å². The van der Waals surface area contributed by atoms with Crippen LogP contribution in [0.4, 0.5) is 0 Å². The van der Waals surface area contributed by atoms with Gasteiger partial charge in [0.25, 0.3) is 0 Å². The number of carbonyl (C=O) groups is 2. The van der Waals surface area contributed by atoms with Crippen LogP contribution < -0.4 is 15.5 Å². The summed E-state index contributed by atoms with van der Waals surface area (Å²) in [5.41, 5.74) is 4.76. The van der Waals surface area contributed by atoms with Crippen LogP contribution in [0.15, 0.2) is 84.0 Å². The second-order valence-corrected chi connectivity index (χ2v) is 6.76. The Morgan fingerprint density at radius 1 is 0.867 bits per heavy atom. The predicted octanol–water partition coefficient (Wildman–Crippen LogP) is 3.69. The highest BCUT2D eigenvalue weighted by Crippen LogP contribution is 2.17. The molecule has 0 atom stereocenters. The number of nitrogens with one attached hydrogen (secondary N) is 2. The van der Waals surface area contributed by atoms with E-state index in [0.29, 0.717) is 22.9 Å². The molecule has 0 aliphatic rings. The molecule has 3 aromatic carbocycles. The van der Waals surface area contributed by atoms with Crippen molar-refractivity contribution >= 4 is 29.6 Å². The highest BCUT2D eigenvalue weighted by Gasteiger charge is 2.12. The highest BCUT2D eigenvalue weighted by molar-refractivity contribution is 6.35. The lowest BCUT2D eigenvalue weighted by Gasteiger charge is -2.09. The summed E-state index contributed by atoms with van der Waals surface area (Å²) in [5.74, 6) is -1.02. The van der Waals surface area contributed by atoms with Crippen LogP contribution in [0.3, 0.4) is 0 Å². The Morgan fingerprint density at radius 2 is 1.57 bits per heavy atom. The first-order valence-corrected chi connectivity index (χ1v) is 9.61. The molecule has 0 spiro atoms. The third-order valence-electron chi connectivity index (χ3n) is 4.10. The Bertz CT molecular complexity index is 1020. The first-order chi connectivity index (χ1) is 14.6. The van der Waals surface area contributed by atoms with E-state index in [1.807, 2.05) is 48.5 Å². The molecule has 0 radical (unpaired) electrons. The molecule has 2 N–H and O–H groups in total. The summed E-state index contributed by atoms with van der Waals surface area (Å²) in [6, 6.07) is 24.0. The SMILES string of the molecule is O=C(NCc1ccc(Cl)cc1)C(=O)NN=Cc1ccccc1OCc1ccccc1. The number of para-hydroxylation sites is 1. The van der Waals surface area contributed by atoms with Crippen LogP contribution >= 0.6 is 11.6 Å². The third-order valence-corrected chi connectivity index (χ3v) is 4.35. The van der Waals surface area contributed by atoms with Crippen molar-refractivity contribution in [2.75, 3.05) is 0 Å². The van der Waals surface area contributed by atoms with Crippen LogP contribution in [0.25, 0.3) is 0 Å². The van der Waals surface area contributed by atoms with E-state index >= 15 is 0 Å². The summed E-state index contributed by atoms with van der Waals surface area (Å²) >= 11 is 5.82. The van der Waals surface area contributed by atoms with Gasteiger partial charge in [-0.25, -0.2) is 5.43 Å². The van der Waals surface area contributed by atoms with Gasteiger partial charge in [0.15, 0.2) is 0 Å². The van der Waals surface area contributed by atoms with Crippen LogP contribution in [0.2, 0.25) is 5.02 Å². The molecule has 152 valence electrons. The predicted molar refractivity (Wildman–Crippen MR) is 116 cm³/mol. The fourth-order valence-electron chi connectivity index (χ4n) is 2.53. The number of rotatable bonds is 7. The van der Waals surface area contributed by atoms with Crippen LogP contribution in [0.1, 0.15) is 16.7 Å². The Morgan fingerprint density at radius 3 is 2.33 bits per heavy atom. The lowest BCUT2D eigenvalue weighted by Crippen LogP contribution is -2.37. The molecule has 0 aliphatic carbocycles.